The van der Waals surface area contributed by atoms with Gasteiger partial charge in [-0.1, -0.05) is 0 Å². The number of halogens is 2. The second-order valence-electron chi connectivity index (χ2n) is 6.12. The number of furan rings is 1. The minimum Gasteiger partial charge on any atom is -0.464 e. The van der Waals surface area contributed by atoms with Crippen LogP contribution in [0.5, 0.6) is 0 Å². The largest absolute Gasteiger partial charge is 0.464 e. The summed E-state index contributed by atoms with van der Waals surface area (Å²) in [6.45, 7) is 3.85. The van der Waals surface area contributed by atoms with Gasteiger partial charge in [-0.15, -0.1) is 0 Å². The van der Waals surface area contributed by atoms with Crippen LogP contribution in [0.2, 0.25) is 0 Å². The maximum Gasteiger partial charge on any atom is 0.407 e. The third-order valence-corrected chi connectivity index (χ3v) is 3.15. The molecule has 0 aliphatic heterocycles. The summed E-state index contributed by atoms with van der Waals surface area (Å²) >= 11 is 1.62. The molecule has 0 spiro atoms. The highest BCUT2D eigenvalue weighted by atomic mass is 32.2. The molecule has 23 heavy (non-hydrogen) atoms. The third kappa shape index (κ3) is 8.80. The molecule has 2 N–H and O–H groups in total. The lowest BCUT2D eigenvalue weighted by Gasteiger charge is -2.22. The third-order valence-electron chi connectivity index (χ3n) is 2.58. The fraction of sp³-hybridized carbons (Fsp3) is 0.667. The molecule has 0 atom stereocenters. The van der Waals surface area contributed by atoms with E-state index in [2.05, 4.69) is 10.6 Å². The topological polar surface area (TPSA) is 63.5 Å². The van der Waals surface area contributed by atoms with Gasteiger partial charge < -0.3 is 19.8 Å². The van der Waals surface area contributed by atoms with Crippen LogP contribution in [0.15, 0.2) is 16.5 Å². The molecule has 0 bridgehead atoms. The van der Waals surface area contributed by atoms with Crippen LogP contribution in [-0.4, -0.2) is 37.0 Å². The van der Waals surface area contributed by atoms with Crippen LogP contribution in [0, 0.1) is 0 Å². The average Bonchev–Trinajstić information content (AvgIpc) is 2.83. The molecule has 0 saturated carbocycles. The Morgan fingerprint density at radius 1 is 1.26 bits per heavy atom. The van der Waals surface area contributed by atoms with Crippen molar-refractivity contribution in [3.05, 3.63) is 23.7 Å². The Morgan fingerprint density at radius 2 is 1.91 bits per heavy atom. The fourth-order valence-corrected chi connectivity index (χ4v) is 2.12. The van der Waals surface area contributed by atoms with E-state index < -0.39 is 30.7 Å². The molecule has 0 radical (unpaired) electrons. The van der Waals surface area contributed by atoms with Gasteiger partial charge in [0.2, 0.25) is 0 Å². The molecule has 0 unspecified atom stereocenters. The van der Waals surface area contributed by atoms with Crippen LogP contribution in [0.1, 0.15) is 32.3 Å². The van der Waals surface area contributed by atoms with Gasteiger partial charge in [-0.3, -0.25) is 0 Å². The van der Waals surface area contributed by atoms with Gasteiger partial charge in [0.15, 0.2) is 0 Å². The zero-order valence-corrected chi connectivity index (χ0v) is 14.7. The zero-order valence-electron chi connectivity index (χ0n) is 13.9. The molecular formula is C15H24F2N2O3S. The fourth-order valence-electron chi connectivity index (χ4n) is 1.68. The average molecular weight is 350 g/mol. The van der Waals surface area contributed by atoms with E-state index >= 15 is 0 Å². The molecule has 5 nitrogen and oxygen atoms in total. The van der Waals surface area contributed by atoms with Crippen LogP contribution in [0.25, 0.3) is 0 Å². The second kappa shape index (κ2) is 8.54. The van der Waals surface area contributed by atoms with Gasteiger partial charge in [-0.05, 0) is 39.2 Å². The number of carbonyl (C=O) groups excluding carboxylic acids is 1. The van der Waals surface area contributed by atoms with Crippen molar-refractivity contribution in [2.24, 2.45) is 0 Å². The van der Waals surface area contributed by atoms with Crippen molar-refractivity contribution in [1.29, 1.82) is 0 Å². The lowest BCUT2D eigenvalue weighted by Crippen LogP contribution is -2.44. The number of carbonyl (C=O) groups is 1. The van der Waals surface area contributed by atoms with Crippen molar-refractivity contribution in [3.63, 3.8) is 0 Å². The maximum absolute atomic E-state index is 13.7. The van der Waals surface area contributed by atoms with Crippen LogP contribution >= 0.6 is 11.8 Å². The number of rotatable bonds is 8. The highest BCUT2D eigenvalue weighted by Gasteiger charge is 2.30. The van der Waals surface area contributed by atoms with Gasteiger partial charge in [0, 0.05) is 0 Å². The number of alkyl carbamates (subject to hydrolysis) is 1. The monoisotopic (exact) mass is 350 g/mol. The van der Waals surface area contributed by atoms with Gasteiger partial charge in [-0.2, -0.15) is 11.8 Å². The smallest absolute Gasteiger partial charge is 0.407 e. The normalized spacial score (nSPS) is 12.3. The van der Waals surface area contributed by atoms with Crippen molar-refractivity contribution >= 4 is 17.9 Å². The molecule has 0 aliphatic rings. The number of hydrogen-bond donors (Lipinski definition) is 2. The van der Waals surface area contributed by atoms with Crippen molar-refractivity contribution < 1.29 is 22.7 Å². The Hall–Kier alpha value is -1.28. The molecule has 8 heteroatoms. The van der Waals surface area contributed by atoms with Crippen molar-refractivity contribution in [2.45, 2.75) is 44.6 Å². The number of alkyl halides is 2. The lowest BCUT2D eigenvalue weighted by molar-refractivity contribution is -0.00403. The first kappa shape index (κ1) is 19.8. The first-order chi connectivity index (χ1) is 10.6. The van der Waals surface area contributed by atoms with Crippen LogP contribution in [-0.2, 0) is 17.0 Å². The van der Waals surface area contributed by atoms with E-state index in [1.165, 1.54) is 0 Å². The molecule has 0 aromatic carbocycles. The number of hydrogen-bond acceptors (Lipinski definition) is 5. The van der Waals surface area contributed by atoms with Gasteiger partial charge >= 0.3 is 6.09 Å². The minimum absolute atomic E-state index is 0.205. The summed E-state index contributed by atoms with van der Waals surface area (Å²) in [4.78, 5) is 11.4. The Bertz CT molecular complexity index is 501. The maximum atomic E-state index is 13.7. The summed E-state index contributed by atoms with van der Waals surface area (Å²) in [6.07, 6.45) is 1.10. The standard InChI is InChI=1S/C15H24F2N2O3S/c1-14(2,3)22-13(20)19-10-15(16,17)9-18-7-11-5-6-12(21-11)8-23-4/h5-6,18H,7-10H2,1-4H3,(H,19,20). The summed E-state index contributed by atoms with van der Waals surface area (Å²) in [5, 5.41) is 4.70. The van der Waals surface area contributed by atoms with Crippen molar-refractivity contribution in [1.82, 2.24) is 10.6 Å². The summed E-state index contributed by atoms with van der Waals surface area (Å²) in [6, 6.07) is 3.59. The molecule has 0 saturated heterocycles. The molecule has 1 rings (SSSR count). The Morgan fingerprint density at radius 3 is 2.52 bits per heavy atom. The van der Waals surface area contributed by atoms with E-state index in [9.17, 15) is 13.6 Å². The first-order valence-electron chi connectivity index (χ1n) is 7.23. The molecular weight excluding hydrogens is 326 g/mol. The molecule has 1 aromatic rings. The predicted molar refractivity (Wildman–Crippen MR) is 86.8 cm³/mol. The zero-order chi connectivity index (χ0) is 17.5. The first-order valence-corrected chi connectivity index (χ1v) is 8.62. The minimum atomic E-state index is -3.08. The van der Waals surface area contributed by atoms with Gasteiger partial charge in [-0.25, -0.2) is 13.6 Å². The van der Waals surface area contributed by atoms with E-state index in [1.54, 1.807) is 38.6 Å². The Kier molecular flexibility index (Phi) is 7.34. The van der Waals surface area contributed by atoms with Crippen LogP contribution in [0.4, 0.5) is 13.6 Å². The Balaban J connectivity index is 2.30. The summed E-state index contributed by atoms with van der Waals surface area (Å²) < 4.78 is 37.7. The quantitative estimate of drug-likeness (QED) is 0.752. The molecule has 1 aromatic heterocycles. The number of thioether (sulfide) groups is 1. The van der Waals surface area contributed by atoms with Crippen LogP contribution in [0.3, 0.4) is 0 Å². The van der Waals surface area contributed by atoms with Gasteiger partial charge in [0.1, 0.15) is 17.1 Å². The Labute approximate surface area is 139 Å². The molecule has 1 amide bonds. The van der Waals surface area contributed by atoms with Gasteiger partial charge in [0.25, 0.3) is 5.92 Å². The highest BCUT2D eigenvalue weighted by molar-refractivity contribution is 7.97. The summed E-state index contributed by atoms with van der Waals surface area (Å²) in [5.41, 5.74) is -0.717. The van der Waals surface area contributed by atoms with E-state index in [4.69, 9.17) is 9.15 Å². The number of nitrogens with one attached hydrogen (secondary N) is 2. The highest BCUT2D eigenvalue weighted by Crippen LogP contribution is 2.15. The van der Waals surface area contributed by atoms with Crippen molar-refractivity contribution in [2.75, 3.05) is 19.3 Å². The van der Waals surface area contributed by atoms with E-state index in [0.717, 1.165) is 11.5 Å². The SMILES string of the molecule is CSCc1ccc(CNCC(F)(F)CNC(=O)OC(C)(C)C)o1. The van der Waals surface area contributed by atoms with E-state index in [0.29, 0.717) is 5.76 Å². The predicted octanol–water partition coefficient (Wildman–Crippen LogP) is 3.39. The lowest BCUT2D eigenvalue weighted by atomic mass is 10.2. The number of amides is 1. The molecule has 1 heterocycles. The second-order valence-corrected chi connectivity index (χ2v) is 6.98. The van der Waals surface area contributed by atoms with Crippen LogP contribution < -0.4 is 10.6 Å². The number of ether oxygens (including phenoxy) is 1. The van der Waals surface area contributed by atoms with Crippen molar-refractivity contribution in [3.8, 4) is 0 Å². The summed E-state index contributed by atoms with van der Waals surface area (Å²) in [7, 11) is 0. The molecule has 0 aliphatic carbocycles. The molecule has 0 fully saturated rings. The molecule has 132 valence electrons. The van der Waals surface area contributed by atoms with Gasteiger partial charge in [0.05, 0.1) is 25.4 Å². The van der Waals surface area contributed by atoms with E-state index in [-0.39, 0.29) is 6.54 Å². The van der Waals surface area contributed by atoms with E-state index in [1.807, 2.05) is 12.3 Å². The summed E-state index contributed by atoms with van der Waals surface area (Å²) in [5.74, 6) is -0.917.